The second-order valence-corrected chi connectivity index (χ2v) is 7.53. The highest BCUT2D eigenvalue weighted by molar-refractivity contribution is 6.05. The number of nitrogens with one attached hydrogen (secondary N) is 1. The molecule has 0 spiro atoms. The molecule has 0 radical (unpaired) electrons. The minimum Gasteiger partial charge on any atom is -0.456 e. The van der Waals surface area contributed by atoms with E-state index in [-0.39, 0.29) is 36.5 Å². The molecule has 162 valence electrons. The molecule has 9 heteroatoms. The SMILES string of the molecule is Cc1ccc(C(=O)N(CC2CCCO2)c2c(N)n(Cc3ccccc3)c(=O)[nH]c2=O)o1. The highest BCUT2D eigenvalue weighted by Gasteiger charge is 2.30. The molecule has 1 aliphatic rings. The fraction of sp³-hybridized carbons (Fsp3) is 0.318. The molecule has 0 aliphatic carbocycles. The molecule has 1 saturated heterocycles. The number of nitrogens with two attached hydrogens (primary N) is 1. The quantitative estimate of drug-likeness (QED) is 0.623. The molecule has 31 heavy (non-hydrogen) atoms. The van der Waals surface area contributed by atoms with Gasteiger partial charge in [0, 0.05) is 6.61 Å². The van der Waals surface area contributed by atoms with E-state index in [9.17, 15) is 14.4 Å². The van der Waals surface area contributed by atoms with E-state index >= 15 is 0 Å². The zero-order valence-corrected chi connectivity index (χ0v) is 17.2. The second kappa shape index (κ2) is 8.65. The average molecular weight is 424 g/mol. The van der Waals surface area contributed by atoms with Crippen LogP contribution in [0.2, 0.25) is 0 Å². The number of anilines is 2. The van der Waals surface area contributed by atoms with Gasteiger partial charge in [-0.1, -0.05) is 30.3 Å². The zero-order chi connectivity index (χ0) is 22.0. The number of nitrogen functional groups attached to an aromatic ring is 1. The maximum absolute atomic E-state index is 13.3. The lowest BCUT2D eigenvalue weighted by atomic mass is 10.2. The van der Waals surface area contributed by atoms with E-state index in [0.717, 1.165) is 18.4 Å². The molecule has 0 saturated carbocycles. The third kappa shape index (κ3) is 4.31. The molecule has 1 aromatic carbocycles. The molecule has 1 aliphatic heterocycles. The van der Waals surface area contributed by atoms with Crippen molar-refractivity contribution < 1.29 is 13.9 Å². The van der Waals surface area contributed by atoms with Crippen molar-refractivity contribution in [2.45, 2.75) is 32.4 Å². The summed E-state index contributed by atoms with van der Waals surface area (Å²) in [6.07, 6.45) is 1.38. The van der Waals surface area contributed by atoms with Crippen LogP contribution in [0.3, 0.4) is 0 Å². The predicted octanol–water partition coefficient (Wildman–Crippen LogP) is 1.89. The molecule has 3 N–H and O–H groups in total. The first-order chi connectivity index (χ1) is 14.9. The van der Waals surface area contributed by atoms with Crippen molar-refractivity contribution in [2.24, 2.45) is 0 Å². The van der Waals surface area contributed by atoms with Crippen molar-refractivity contribution in [1.29, 1.82) is 0 Å². The van der Waals surface area contributed by atoms with Crippen LogP contribution in [-0.4, -0.2) is 34.7 Å². The lowest BCUT2D eigenvalue weighted by molar-refractivity contribution is 0.0893. The largest absolute Gasteiger partial charge is 0.456 e. The Morgan fingerprint density at radius 1 is 1.23 bits per heavy atom. The number of nitrogens with zero attached hydrogens (tertiary/aromatic N) is 2. The third-order valence-corrected chi connectivity index (χ3v) is 5.27. The third-order valence-electron chi connectivity index (χ3n) is 5.27. The minimum absolute atomic E-state index is 0.0788. The first-order valence-electron chi connectivity index (χ1n) is 10.1. The van der Waals surface area contributed by atoms with Crippen LogP contribution in [0.25, 0.3) is 0 Å². The van der Waals surface area contributed by atoms with Gasteiger partial charge in [0.2, 0.25) is 0 Å². The number of carbonyl (C=O) groups excluding carboxylic acids is 1. The summed E-state index contributed by atoms with van der Waals surface area (Å²) in [6, 6.07) is 12.5. The molecule has 1 atom stereocenters. The van der Waals surface area contributed by atoms with Gasteiger partial charge in [0.05, 0.1) is 19.2 Å². The molecule has 2 aromatic heterocycles. The van der Waals surface area contributed by atoms with Gasteiger partial charge in [0.1, 0.15) is 11.6 Å². The first-order valence-corrected chi connectivity index (χ1v) is 10.1. The van der Waals surface area contributed by atoms with Crippen molar-refractivity contribution in [3.8, 4) is 0 Å². The Morgan fingerprint density at radius 2 is 2.00 bits per heavy atom. The van der Waals surface area contributed by atoms with Crippen LogP contribution in [0.15, 0.2) is 56.5 Å². The highest BCUT2D eigenvalue weighted by atomic mass is 16.5. The number of H-pyrrole nitrogens is 1. The number of ether oxygens (including phenoxy) is 1. The number of benzene rings is 1. The van der Waals surface area contributed by atoms with Gasteiger partial charge in [-0.3, -0.25) is 24.0 Å². The van der Waals surface area contributed by atoms with E-state index in [0.29, 0.717) is 12.4 Å². The molecule has 3 heterocycles. The lowest BCUT2D eigenvalue weighted by Gasteiger charge is -2.26. The standard InChI is InChI=1S/C22H24N4O5/c1-14-9-10-17(31-14)21(28)25(13-16-8-5-11-30-16)18-19(23)26(22(29)24-20(18)27)12-15-6-3-2-4-7-15/h2-4,6-7,9-10,16H,5,8,11-13,23H2,1H3,(H,24,27,29). The normalized spacial score (nSPS) is 15.8. The Bertz CT molecular complexity index is 1190. The number of amides is 1. The van der Waals surface area contributed by atoms with Crippen molar-refractivity contribution in [3.63, 3.8) is 0 Å². The molecule has 1 fully saturated rings. The maximum Gasteiger partial charge on any atom is 0.330 e. The van der Waals surface area contributed by atoms with Crippen molar-refractivity contribution in [3.05, 3.63) is 80.4 Å². The smallest absolute Gasteiger partial charge is 0.330 e. The zero-order valence-electron chi connectivity index (χ0n) is 17.2. The summed E-state index contributed by atoms with van der Waals surface area (Å²) in [6.45, 7) is 2.58. The van der Waals surface area contributed by atoms with Crippen molar-refractivity contribution in [1.82, 2.24) is 9.55 Å². The lowest BCUT2D eigenvalue weighted by Crippen LogP contribution is -2.44. The van der Waals surface area contributed by atoms with Gasteiger partial charge in [-0.2, -0.15) is 0 Å². The van der Waals surface area contributed by atoms with Crippen LogP contribution >= 0.6 is 0 Å². The Hall–Kier alpha value is -3.59. The number of aromatic nitrogens is 2. The van der Waals surface area contributed by atoms with Gasteiger partial charge < -0.3 is 14.9 Å². The highest BCUT2D eigenvalue weighted by Crippen LogP contribution is 2.24. The topological polar surface area (TPSA) is 124 Å². The van der Waals surface area contributed by atoms with Gasteiger partial charge in [-0.15, -0.1) is 0 Å². The molecule has 1 amide bonds. The molecule has 0 bridgehead atoms. The van der Waals surface area contributed by atoms with Crippen molar-refractivity contribution >= 4 is 17.4 Å². The number of furan rings is 1. The van der Waals surface area contributed by atoms with Crippen LogP contribution in [0.1, 0.15) is 34.7 Å². The van der Waals surface area contributed by atoms with E-state index in [1.165, 1.54) is 9.47 Å². The summed E-state index contributed by atoms with van der Waals surface area (Å²) < 4.78 is 12.4. The predicted molar refractivity (Wildman–Crippen MR) is 115 cm³/mol. The van der Waals surface area contributed by atoms with Gasteiger partial charge in [0.15, 0.2) is 11.4 Å². The van der Waals surface area contributed by atoms with Crippen LogP contribution in [0.5, 0.6) is 0 Å². The van der Waals surface area contributed by atoms with E-state index in [1.54, 1.807) is 19.1 Å². The van der Waals surface area contributed by atoms with Crippen LogP contribution in [0.4, 0.5) is 11.5 Å². The molecular formula is C22H24N4O5. The van der Waals surface area contributed by atoms with E-state index < -0.39 is 17.2 Å². The number of aromatic amines is 1. The average Bonchev–Trinajstić information content (AvgIpc) is 3.42. The number of hydrogen-bond acceptors (Lipinski definition) is 6. The maximum atomic E-state index is 13.3. The summed E-state index contributed by atoms with van der Waals surface area (Å²) in [5, 5.41) is 0. The molecule has 3 aromatic rings. The number of hydrogen-bond donors (Lipinski definition) is 2. The number of aryl methyl sites for hydroxylation is 1. The summed E-state index contributed by atoms with van der Waals surface area (Å²) in [5.41, 5.74) is 5.66. The Kier molecular flexibility index (Phi) is 5.77. The van der Waals surface area contributed by atoms with Gasteiger partial charge in [-0.05, 0) is 37.5 Å². The van der Waals surface area contributed by atoms with Crippen molar-refractivity contribution in [2.75, 3.05) is 23.8 Å². The minimum atomic E-state index is -0.735. The van der Waals surface area contributed by atoms with Gasteiger partial charge >= 0.3 is 5.69 Å². The fourth-order valence-electron chi connectivity index (χ4n) is 3.71. The summed E-state index contributed by atoms with van der Waals surface area (Å²) in [4.78, 5) is 42.1. The van der Waals surface area contributed by atoms with Gasteiger partial charge in [-0.25, -0.2) is 4.79 Å². The Balaban J connectivity index is 1.79. The van der Waals surface area contributed by atoms with Crippen LogP contribution in [0, 0.1) is 6.92 Å². The summed E-state index contributed by atoms with van der Waals surface area (Å²) in [7, 11) is 0. The molecule has 4 rings (SSSR count). The van der Waals surface area contributed by atoms with E-state index in [4.69, 9.17) is 14.9 Å². The van der Waals surface area contributed by atoms with Crippen LogP contribution < -0.4 is 21.9 Å². The molecule has 1 unspecified atom stereocenters. The van der Waals surface area contributed by atoms with E-state index in [2.05, 4.69) is 4.98 Å². The fourth-order valence-corrected chi connectivity index (χ4v) is 3.71. The first kappa shape index (κ1) is 20.7. The Labute approximate surface area is 178 Å². The van der Waals surface area contributed by atoms with E-state index in [1.807, 2.05) is 30.3 Å². The number of carbonyl (C=O) groups is 1. The summed E-state index contributed by atoms with van der Waals surface area (Å²) in [5.74, 6) is 0.0318. The molecular weight excluding hydrogens is 400 g/mol. The second-order valence-electron chi connectivity index (χ2n) is 7.53. The summed E-state index contributed by atoms with van der Waals surface area (Å²) >= 11 is 0. The molecule has 9 nitrogen and oxygen atoms in total. The van der Waals surface area contributed by atoms with Gasteiger partial charge in [0.25, 0.3) is 11.5 Å². The monoisotopic (exact) mass is 424 g/mol. The number of rotatable bonds is 6. The Morgan fingerprint density at radius 3 is 2.65 bits per heavy atom. The van der Waals surface area contributed by atoms with Crippen LogP contribution in [-0.2, 0) is 11.3 Å².